The Hall–Kier alpha value is -1.20. The molecule has 16 heavy (non-hydrogen) atoms. The van der Waals surface area contributed by atoms with Crippen LogP contribution in [-0.2, 0) is 6.54 Å². The van der Waals surface area contributed by atoms with Crippen LogP contribution in [0.5, 0.6) is 0 Å². The molecule has 0 N–H and O–H groups in total. The maximum absolute atomic E-state index is 11.6. The maximum atomic E-state index is 11.6. The van der Waals surface area contributed by atoms with Crippen molar-refractivity contribution in [2.75, 3.05) is 0 Å². The van der Waals surface area contributed by atoms with Crippen LogP contribution in [0.3, 0.4) is 0 Å². The molecule has 2 aromatic rings. The van der Waals surface area contributed by atoms with E-state index in [9.17, 15) is 4.79 Å². The average Bonchev–Trinajstić information content (AvgIpc) is 2.48. The van der Waals surface area contributed by atoms with E-state index >= 15 is 0 Å². The van der Waals surface area contributed by atoms with E-state index in [-0.39, 0.29) is 4.87 Å². The number of nitrogens with zero attached hydrogens (tertiary/aromatic N) is 3. The van der Waals surface area contributed by atoms with Gasteiger partial charge < -0.3 is 0 Å². The van der Waals surface area contributed by atoms with Crippen molar-refractivity contribution in [2.45, 2.75) is 20.4 Å². The molecule has 0 saturated heterocycles. The molecule has 0 aromatic carbocycles. The summed E-state index contributed by atoms with van der Waals surface area (Å²) >= 11 is 6.89. The molecule has 0 atom stereocenters. The number of aryl methyl sites for hydroxylation is 1. The Labute approximate surface area is 102 Å². The minimum atomic E-state index is 0.0340. The van der Waals surface area contributed by atoms with Crippen molar-refractivity contribution in [2.24, 2.45) is 0 Å². The van der Waals surface area contributed by atoms with Crippen LogP contribution in [-0.4, -0.2) is 14.5 Å². The largest absolute Gasteiger partial charge is 0.307 e. The van der Waals surface area contributed by atoms with Gasteiger partial charge >= 0.3 is 4.87 Å². The second-order valence-corrected chi connectivity index (χ2v) is 4.98. The average molecular weight is 256 g/mol. The quantitative estimate of drug-likeness (QED) is 0.825. The van der Waals surface area contributed by atoms with E-state index in [0.29, 0.717) is 11.7 Å². The first-order valence-electron chi connectivity index (χ1n) is 4.71. The topological polar surface area (TPSA) is 47.8 Å². The molecule has 0 saturated carbocycles. The van der Waals surface area contributed by atoms with Crippen LogP contribution < -0.4 is 4.87 Å². The van der Waals surface area contributed by atoms with E-state index in [1.165, 1.54) is 17.5 Å². The lowest BCUT2D eigenvalue weighted by Crippen LogP contribution is -2.16. The normalized spacial score (nSPS) is 10.7. The zero-order valence-corrected chi connectivity index (χ0v) is 10.5. The summed E-state index contributed by atoms with van der Waals surface area (Å²) in [5.74, 6) is 0. The Kier molecular flexibility index (Phi) is 3.07. The van der Waals surface area contributed by atoms with Gasteiger partial charge in [-0.3, -0.25) is 14.3 Å². The summed E-state index contributed by atoms with van der Waals surface area (Å²) < 4.78 is 1.69. The van der Waals surface area contributed by atoms with Crippen LogP contribution in [0.15, 0.2) is 17.2 Å². The molecule has 6 heteroatoms. The van der Waals surface area contributed by atoms with Crippen LogP contribution >= 0.6 is 22.9 Å². The van der Waals surface area contributed by atoms with Gasteiger partial charge in [0.15, 0.2) is 0 Å². The van der Waals surface area contributed by atoms with Gasteiger partial charge in [0.2, 0.25) is 0 Å². The number of thiazole rings is 1. The van der Waals surface area contributed by atoms with Crippen LogP contribution in [0.1, 0.15) is 16.3 Å². The van der Waals surface area contributed by atoms with Gasteiger partial charge in [-0.25, -0.2) is 4.98 Å². The maximum Gasteiger partial charge on any atom is 0.307 e. The predicted molar refractivity (Wildman–Crippen MR) is 64.2 cm³/mol. The lowest BCUT2D eigenvalue weighted by molar-refractivity contribution is 0.728. The molecular formula is C10H10ClN3OS. The van der Waals surface area contributed by atoms with E-state index in [0.717, 1.165) is 16.3 Å². The molecule has 84 valence electrons. The lowest BCUT2D eigenvalue weighted by Gasteiger charge is -2.03. The first-order chi connectivity index (χ1) is 7.58. The van der Waals surface area contributed by atoms with Crippen molar-refractivity contribution in [3.8, 4) is 0 Å². The smallest absolute Gasteiger partial charge is 0.297 e. The molecule has 0 aliphatic carbocycles. The number of halogens is 1. The summed E-state index contributed by atoms with van der Waals surface area (Å²) in [6.07, 6.45) is 3.07. The standard InChI is InChI=1S/C10H10ClN3OS/c1-6-7(2)16-10(15)14(6)5-8-3-13-9(11)4-12-8/h3-4H,5H2,1-2H3. The summed E-state index contributed by atoms with van der Waals surface area (Å²) in [6, 6.07) is 0. The second-order valence-electron chi connectivity index (χ2n) is 3.43. The lowest BCUT2D eigenvalue weighted by atomic mass is 10.4. The molecule has 2 rings (SSSR count). The number of rotatable bonds is 2. The van der Waals surface area contributed by atoms with Gasteiger partial charge in [-0.15, -0.1) is 0 Å². The van der Waals surface area contributed by atoms with Crippen molar-refractivity contribution in [1.29, 1.82) is 0 Å². The van der Waals surface area contributed by atoms with Gasteiger partial charge in [-0.05, 0) is 13.8 Å². The van der Waals surface area contributed by atoms with Crippen LogP contribution in [0.4, 0.5) is 0 Å². The van der Waals surface area contributed by atoms with Gasteiger partial charge in [-0.2, -0.15) is 0 Å². The third-order valence-electron chi connectivity index (χ3n) is 2.37. The molecule has 0 fully saturated rings. The van der Waals surface area contributed by atoms with Crippen LogP contribution in [0.2, 0.25) is 5.15 Å². The molecule has 0 radical (unpaired) electrons. The van der Waals surface area contributed by atoms with Gasteiger partial charge in [0.05, 0.1) is 24.6 Å². The Morgan fingerprint density at radius 1 is 1.38 bits per heavy atom. The molecule has 0 aliphatic rings. The van der Waals surface area contributed by atoms with Gasteiger partial charge in [0.1, 0.15) is 5.15 Å². The van der Waals surface area contributed by atoms with Gasteiger partial charge in [0.25, 0.3) is 0 Å². The summed E-state index contributed by atoms with van der Waals surface area (Å²) in [4.78, 5) is 20.8. The molecule has 2 aromatic heterocycles. The molecule has 0 aliphatic heterocycles. The fraction of sp³-hybridized carbons (Fsp3) is 0.300. The third kappa shape index (κ3) is 2.15. The van der Waals surface area contributed by atoms with E-state index in [1.807, 2.05) is 13.8 Å². The van der Waals surface area contributed by atoms with E-state index in [4.69, 9.17) is 11.6 Å². The van der Waals surface area contributed by atoms with Crippen LogP contribution in [0, 0.1) is 13.8 Å². The van der Waals surface area contributed by atoms with E-state index in [1.54, 1.807) is 10.8 Å². The van der Waals surface area contributed by atoms with Crippen molar-refractivity contribution in [1.82, 2.24) is 14.5 Å². The summed E-state index contributed by atoms with van der Waals surface area (Å²) in [6.45, 7) is 4.31. The fourth-order valence-corrected chi connectivity index (χ4v) is 2.28. The minimum Gasteiger partial charge on any atom is -0.297 e. The third-order valence-corrected chi connectivity index (χ3v) is 3.56. The zero-order valence-electron chi connectivity index (χ0n) is 8.90. The zero-order chi connectivity index (χ0) is 11.7. The molecule has 4 nitrogen and oxygen atoms in total. The second kappa shape index (κ2) is 4.35. The highest BCUT2D eigenvalue weighted by Crippen LogP contribution is 2.11. The fourth-order valence-electron chi connectivity index (χ4n) is 1.35. The predicted octanol–water partition coefficient (Wildman–Crippen LogP) is 2.02. The monoisotopic (exact) mass is 255 g/mol. The number of hydrogen-bond donors (Lipinski definition) is 0. The highest BCUT2D eigenvalue weighted by atomic mass is 35.5. The molecule has 0 spiro atoms. The summed E-state index contributed by atoms with van der Waals surface area (Å²) in [5.41, 5.74) is 1.71. The molecule has 2 heterocycles. The van der Waals surface area contributed by atoms with Crippen LogP contribution in [0.25, 0.3) is 0 Å². The number of hydrogen-bond acceptors (Lipinski definition) is 4. The van der Waals surface area contributed by atoms with E-state index < -0.39 is 0 Å². The SMILES string of the molecule is Cc1sc(=O)n(Cc2cnc(Cl)cn2)c1C. The highest BCUT2D eigenvalue weighted by molar-refractivity contribution is 7.09. The Morgan fingerprint density at radius 3 is 2.62 bits per heavy atom. The Balaban J connectivity index is 2.34. The van der Waals surface area contributed by atoms with Crippen molar-refractivity contribution < 1.29 is 0 Å². The number of aromatic nitrogens is 3. The first kappa shape index (κ1) is 11.3. The van der Waals surface area contributed by atoms with Crippen molar-refractivity contribution >= 4 is 22.9 Å². The van der Waals surface area contributed by atoms with Crippen molar-refractivity contribution in [3.63, 3.8) is 0 Å². The van der Waals surface area contributed by atoms with E-state index in [2.05, 4.69) is 9.97 Å². The minimum absolute atomic E-state index is 0.0340. The Bertz CT molecular complexity index is 558. The molecular weight excluding hydrogens is 246 g/mol. The van der Waals surface area contributed by atoms with Gasteiger partial charge in [-0.1, -0.05) is 22.9 Å². The van der Waals surface area contributed by atoms with Gasteiger partial charge in [0, 0.05) is 10.6 Å². The highest BCUT2D eigenvalue weighted by Gasteiger charge is 2.08. The Morgan fingerprint density at radius 2 is 2.12 bits per heavy atom. The molecule has 0 unspecified atom stereocenters. The summed E-state index contributed by atoms with van der Waals surface area (Å²) in [5, 5.41) is 0.356. The van der Waals surface area contributed by atoms with Crippen molar-refractivity contribution in [3.05, 3.63) is 43.5 Å². The molecule has 0 amide bonds. The summed E-state index contributed by atoms with van der Waals surface area (Å²) in [7, 11) is 0. The first-order valence-corrected chi connectivity index (χ1v) is 5.90. The molecule has 0 bridgehead atoms.